The van der Waals surface area contributed by atoms with Crippen LogP contribution >= 0.6 is 0 Å². The summed E-state index contributed by atoms with van der Waals surface area (Å²) < 4.78 is 1.89. The van der Waals surface area contributed by atoms with Crippen molar-refractivity contribution in [3.8, 4) is 6.07 Å². The number of rotatable bonds is 2. The highest BCUT2D eigenvalue weighted by atomic mass is 16.2. The fourth-order valence-corrected chi connectivity index (χ4v) is 1.84. The number of fused-ring (bicyclic) bond motifs is 1. The average Bonchev–Trinajstić information content (AvgIpc) is 2.74. The van der Waals surface area contributed by atoms with Crippen LogP contribution in [0.25, 0.3) is 11.6 Å². The number of carbonyl (C=O) groups is 1. The lowest BCUT2D eigenvalue weighted by Gasteiger charge is -2.08. The second-order valence-electron chi connectivity index (χ2n) is 4.10. The molecule has 0 aliphatic carbocycles. The smallest absolute Gasteiger partial charge is 0.255 e. The van der Waals surface area contributed by atoms with Gasteiger partial charge in [0.2, 0.25) is 0 Å². The molecule has 4 nitrogen and oxygen atoms in total. The topological polar surface area (TPSA) is 48.5 Å². The summed E-state index contributed by atoms with van der Waals surface area (Å²) in [5, 5.41) is 8.58. The van der Waals surface area contributed by atoms with Gasteiger partial charge in [0, 0.05) is 32.1 Å². The van der Waals surface area contributed by atoms with Gasteiger partial charge in [0.05, 0.1) is 17.1 Å². The van der Waals surface area contributed by atoms with Gasteiger partial charge in [0.25, 0.3) is 5.91 Å². The second kappa shape index (κ2) is 4.76. The zero-order valence-corrected chi connectivity index (χ0v) is 10.3. The minimum Gasteiger partial charge on any atom is -0.345 e. The van der Waals surface area contributed by atoms with Crippen molar-refractivity contribution in [2.75, 3.05) is 14.1 Å². The van der Waals surface area contributed by atoms with Crippen molar-refractivity contribution in [1.29, 1.82) is 5.26 Å². The van der Waals surface area contributed by atoms with Gasteiger partial charge in [-0.2, -0.15) is 5.26 Å². The van der Waals surface area contributed by atoms with Gasteiger partial charge in [-0.15, -0.1) is 0 Å². The van der Waals surface area contributed by atoms with Crippen LogP contribution < -0.4 is 0 Å². The Hall–Kier alpha value is -2.54. The van der Waals surface area contributed by atoms with E-state index in [1.165, 1.54) is 6.08 Å². The van der Waals surface area contributed by atoms with E-state index in [4.69, 9.17) is 5.26 Å². The molecule has 0 aliphatic heterocycles. The Morgan fingerprint density at radius 1 is 1.44 bits per heavy atom. The number of nitrogens with zero attached hydrogens (tertiary/aromatic N) is 3. The maximum Gasteiger partial charge on any atom is 0.255 e. The van der Waals surface area contributed by atoms with Crippen molar-refractivity contribution < 1.29 is 4.79 Å². The van der Waals surface area contributed by atoms with Gasteiger partial charge < -0.3 is 9.30 Å². The molecule has 2 aromatic rings. The van der Waals surface area contributed by atoms with Crippen molar-refractivity contribution >= 4 is 17.5 Å². The Balaban J connectivity index is 2.66. The van der Waals surface area contributed by atoms with Gasteiger partial charge in [-0.05, 0) is 24.3 Å². The molecule has 0 fully saturated rings. The van der Waals surface area contributed by atoms with Gasteiger partial charge >= 0.3 is 0 Å². The minimum atomic E-state index is -0.0460. The molecule has 0 N–H and O–H groups in total. The molecule has 0 atom stereocenters. The summed E-state index contributed by atoms with van der Waals surface area (Å²) in [4.78, 5) is 13.6. The number of hydrogen-bond donors (Lipinski definition) is 0. The Morgan fingerprint density at radius 2 is 2.22 bits per heavy atom. The molecule has 90 valence electrons. The molecule has 2 rings (SSSR count). The average molecular weight is 239 g/mol. The van der Waals surface area contributed by atoms with E-state index >= 15 is 0 Å². The molecule has 0 aromatic carbocycles. The molecule has 0 saturated carbocycles. The van der Waals surface area contributed by atoms with Crippen LogP contribution in [0.3, 0.4) is 0 Å². The highest BCUT2D eigenvalue weighted by Gasteiger charge is 2.15. The second-order valence-corrected chi connectivity index (χ2v) is 4.10. The molecule has 18 heavy (non-hydrogen) atoms. The van der Waals surface area contributed by atoms with Gasteiger partial charge in [-0.1, -0.05) is 6.07 Å². The zero-order valence-electron chi connectivity index (χ0n) is 10.3. The third-order valence-electron chi connectivity index (χ3n) is 2.67. The van der Waals surface area contributed by atoms with Crippen LogP contribution in [0.1, 0.15) is 16.1 Å². The number of aromatic nitrogens is 1. The zero-order chi connectivity index (χ0) is 13.1. The van der Waals surface area contributed by atoms with Crippen molar-refractivity contribution in [2.24, 2.45) is 0 Å². The van der Waals surface area contributed by atoms with Crippen LogP contribution in [-0.4, -0.2) is 29.3 Å². The first-order valence-electron chi connectivity index (χ1n) is 5.53. The SMILES string of the molecule is CN(C)C(=O)c1cc(/C=C\C#N)n2ccccc12. The predicted octanol–water partition coefficient (Wildman–Crippen LogP) is 2.18. The van der Waals surface area contributed by atoms with Gasteiger partial charge in [-0.3, -0.25) is 4.79 Å². The fraction of sp³-hybridized carbons (Fsp3) is 0.143. The molecule has 0 bridgehead atoms. The Bertz CT molecular complexity index is 659. The third kappa shape index (κ3) is 1.98. The van der Waals surface area contributed by atoms with Crippen LogP contribution in [0.4, 0.5) is 0 Å². The number of nitriles is 1. The number of allylic oxidation sites excluding steroid dienone is 1. The molecular weight excluding hydrogens is 226 g/mol. The Labute approximate surface area is 105 Å². The largest absolute Gasteiger partial charge is 0.345 e. The quantitative estimate of drug-likeness (QED) is 0.754. The molecule has 0 radical (unpaired) electrons. The van der Waals surface area contributed by atoms with Crippen molar-refractivity contribution in [1.82, 2.24) is 9.30 Å². The van der Waals surface area contributed by atoms with Crippen LogP contribution in [0.15, 0.2) is 36.5 Å². The molecule has 1 amide bonds. The van der Waals surface area contributed by atoms with E-state index in [0.29, 0.717) is 5.56 Å². The summed E-state index contributed by atoms with van der Waals surface area (Å²) in [5.41, 5.74) is 2.30. The fourth-order valence-electron chi connectivity index (χ4n) is 1.84. The van der Waals surface area contributed by atoms with Crippen LogP contribution in [0.2, 0.25) is 0 Å². The summed E-state index contributed by atoms with van der Waals surface area (Å²) in [6, 6.07) is 9.42. The van der Waals surface area contributed by atoms with Crippen LogP contribution in [0, 0.1) is 11.3 Å². The standard InChI is InChI=1S/C14H13N3O/c1-16(2)14(18)12-10-11(6-5-8-15)17-9-4-3-7-13(12)17/h3-7,9-10H,1-2H3/b6-5-. The van der Waals surface area contributed by atoms with Gasteiger partial charge in [0.15, 0.2) is 0 Å². The molecular formula is C14H13N3O. The highest BCUT2D eigenvalue weighted by molar-refractivity contribution is 6.01. The van der Waals surface area contributed by atoms with Crippen LogP contribution in [-0.2, 0) is 0 Å². The summed E-state index contributed by atoms with van der Waals surface area (Å²) in [5.74, 6) is -0.0460. The Morgan fingerprint density at radius 3 is 2.89 bits per heavy atom. The lowest BCUT2D eigenvalue weighted by molar-refractivity contribution is 0.0829. The first-order chi connectivity index (χ1) is 8.65. The predicted molar refractivity (Wildman–Crippen MR) is 70.1 cm³/mol. The highest BCUT2D eigenvalue weighted by Crippen LogP contribution is 2.19. The van der Waals surface area contributed by atoms with Gasteiger partial charge in [0.1, 0.15) is 0 Å². The maximum absolute atomic E-state index is 12.1. The molecule has 0 aliphatic rings. The summed E-state index contributed by atoms with van der Waals surface area (Å²) in [6.07, 6.45) is 4.97. The normalized spacial score (nSPS) is 10.7. The summed E-state index contributed by atoms with van der Waals surface area (Å²) in [7, 11) is 3.44. The van der Waals surface area contributed by atoms with E-state index in [1.54, 1.807) is 31.1 Å². The van der Waals surface area contributed by atoms with E-state index < -0.39 is 0 Å². The van der Waals surface area contributed by atoms with Crippen molar-refractivity contribution in [3.63, 3.8) is 0 Å². The van der Waals surface area contributed by atoms with Gasteiger partial charge in [-0.25, -0.2) is 0 Å². The van der Waals surface area contributed by atoms with E-state index in [-0.39, 0.29) is 5.91 Å². The molecule has 2 aromatic heterocycles. The lowest BCUT2D eigenvalue weighted by atomic mass is 10.2. The van der Waals surface area contributed by atoms with E-state index in [0.717, 1.165) is 11.2 Å². The minimum absolute atomic E-state index is 0.0460. The van der Waals surface area contributed by atoms with E-state index in [2.05, 4.69) is 0 Å². The van der Waals surface area contributed by atoms with Crippen LogP contribution in [0.5, 0.6) is 0 Å². The Kier molecular flexibility index (Phi) is 3.16. The molecule has 4 heteroatoms. The van der Waals surface area contributed by atoms with Crippen molar-refractivity contribution in [3.05, 3.63) is 47.8 Å². The monoisotopic (exact) mass is 239 g/mol. The first-order valence-corrected chi connectivity index (χ1v) is 5.53. The number of hydrogen-bond acceptors (Lipinski definition) is 2. The number of pyridine rings is 1. The molecule has 0 saturated heterocycles. The maximum atomic E-state index is 12.1. The van der Waals surface area contributed by atoms with E-state index in [1.807, 2.05) is 34.9 Å². The lowest BCUT2D eigenvalue weighted by Crippen LogP contribution is -2.21. The molecule has 0 unspecified atom stereocenters. The first kappa shape index (κ1) is 11.9. The van der Waals surface area contributed by atoms with E-state index in [9.17, 15) is 4.79 Å². The number of amides is 1. The molecule has 2 heterocycles. The third-order valence-corrected chi connectivity index (χ3v) is 2.67. The van der Waals surface area contributed by atoms with Crippen molar-refractivity contribution in [2.45, 2.75) is 0 Å². The summed E-state index contributed by atoms with van der Waals surface area (Å²) in [6.45, 7) is 0. The number of carbonyl (C=O) groups excluding carboxylic acids is 1. The summed E-state index contributed by atoms with van der Waals surface area (Å²) >= 11 is 0. The molecule has 0 spiro atoms.